The molecular weight excluding hydrogens is 396 g/mol. The molecule has 2 aliphatic rings. The topological polar surface area (TPSA) is 58.2 Å². The number of hydrogen-bond donors (Lipinski definition) is 1. The number of hydrogen-bond acceptors (Lipinski definition) is 5. The highest BCUT2D eigenvalue weighted by Gasteiger charge is 2.42. The van der Waals surface area contributed by atoms with E-state index in [-0.39, 0.29) is 11.8 Å². The highest BCUT2D eigenvalue weighted by Crippen LogP contribution is 2.48. The van der Waals surface area contributed by atoms with E-state index in [0.29, 0.717) is 0 Å². The molecule has 0 fully saturated rings. The number of phenolic OH excluding ortho intramolecular Hbond substituents is 1. The van der Waals surface area contributed by atoms with Crippen LogP contribution in [0, 0.1) is 0 Å². The third kappa shape index (κ3) is 2.41. The van der Waals surface area contributed by atoms with Crippen LogP contribution in [-0.2, 0) is 0 Å². The summed E-state index contributed by atoms with van der Waals surface area (Å²) < 4.78 is 12.7. The van der Waals surface area contributed by atoms with Crippen LogP contribution in [0.5, 0.6) is 11.5 Å². The average molecular weight is 411 g/mol. The van der Waals surface area contributed by atoms with Crippen LogP contribution < -0.4 is 4.74 Å². The maximum absolute atomic E-state index is 9.96. The van der Waals surface area contributed by atoms with Gasteiger partial charge in [0.15, 0.2) is 0 Å². The number of halogens is 1. The number of rotatable bonds is 2. The maximum atomic E-state index is 9.96. The Morgan fingerprint density at radius 2 is 1.96 bits per heavy atom. The molecule has 1 N–H and O–H groups in total. The van der Waals surface area contributed by atoms with Crippen molar-refractivity contribution in [2.24, 2.45) is 5.10 Å². The van der Waals surface area contributed by atoms with Crippen molar-refractivity contribution in [3.05, 3.63) is 82.2 Å². The van der Waals surface area contributed by atoms with Crippen molar-refractivity contribution in [1.29, 1.82) is 0 Å². The van der Waals surface area contributed by atoms with E-state index in [0.717, 1.165) is 39.2 Å². The van der Waals surface area contributed by atoms with Gasteiger partial charge in [-0.25, -0.2) is 5.01 Å². The fourth-order valence-electron chi connectivity index (χ4n) is 3.55. The second kappa shape index (κ2) is 5.92. The Hall–Kier alpha value is -2.73. The van der Waals surface area contributed by atoms with Gasteiger partial charge >= 0.3 is 0 Å². The minimum Gasteiger partial charge on any atom is -0.508 e. The number of hydrazone groups is 1. The fraction of sp³-hybridized carbons (Fsp3) is 0.150. The van der Waals surface area contributed by atoms with E-state index >= 15 is 0 Å². The van der Waals surface area contributed by atoms with Gasteiger partial charge in [0.05, 0.1) is 12.3 Å². The van der Waals surface area contributed by atoms with Crippen molar-refractivity contribution in [3.63, 3.8) is 0 Å². The second-order valence-corrected chi connectivity index (χ2v) is 7.19. The SMILES string of the molecule is Oc1ccc(Br)c([C@@H]2Oc3ccccc3[C@@H]3CC(c4ccco4)=NN32)c1. The number of furan rings is 1. The molecule has 0 bridgehead atoms. The molecule has 0 unspecified atom stereocenters. The number of fused-ring (bicyclic) bond motifs is 3. The fourth-order valence-corrected chi connectivity index (χ4v) is 3.99. The first-order chi connectivity index (χ1) is 12.7. The largest absolute Gasteiger partial charge is 0.508 e. The first kappa shape index (κ1) is 15.5. The Labute approximate surface area is 158 Å². The van der Waals surface area contributed by atoms with Crippen LogP contribution in [0.4, 0.5) is 0 Å². The summed E-state index contributed by atoms with van der Waals surface area (Å²) in [5, 5.41) is 16.7. The zero-order chi connectivity index (χ0) is 17.7. The molecule has 26 heavy (non-hydrogen) atoms. The highest BCUT2D eigenvalue weighted by molar-refractivity contribution is 9.10. The average Bonchev–Trinajstić information content (AvgIpc) is 3.32. The summed E-state index contributed by atoms with van der Waals surface area (Å²) in [5.41, 5.74) is 2.82. The van der Waals surface area contributed by atoms with Crippen molar-refractivity contribution < 1.29 is 14.3 Å². The summed E-state index contributed by atoms with van der Waals surface area (Å²) in [7, 11) is 0. The molecule has 0 aliphatic carbocycles. The molecule has 5 nitrogen and oxygen atoms in total. The number of benzene rings is 2. The molecule has 130 valence electrons. The number of para-hydroxylation sites is 1. The minimum atomic E-state index is -0.441. The molecule has 0 saturated heterocycles. The molecule has 0 radical (unpaired) electrons. The van der Waals surface area contributed by atoms with Crippen LogP contribution in [0.2, 0.25) is 0 Å². The van der Waals surface area contributed by atoms with Crippen LogP contribution in [0.15, 0.2) is 74.9 Å². The van der Waals surface area contributed by atoms with Crippen molar-refractivity contribution >= 4 is 21.6 Å². The van der Waals surface area contributed by atoms with Crippen LogP contribution in [0.25, 0.3) is 0 Å². The molecule has 3 aromatic rings. The van der Waals surface area contributed by atoms with Gasteiger partial charge in [0.2, 0.25) is 6.23 Å². The lowest BCUT2D eigenvalue weighted by Gasteiger charge is -2.38. The second-order valence-electron chi connectivity index (χ2n) is 6.34. The molecule has 3 heterocycles. The molecule has 0 saturated carbocycles. The van der Waals surface area contributed by atoms with Gasteiger partial charge in [0, 0.05) is 22.0 Å². The molecular formula is C20H15BrN2O3. The van der Waals surface area contributed by atoms with Gasteiger partial charge in [0.25, 0.3) is 0 Å². The number of ether oxygens (including phenoxy) is 1. The first-order valence-electron chi connectivity index (χ1n) is 8.34. The number of nitrogens with zero attached hydrogens (tertiary/aromatic N) is 2. The summed E-state index contributed by atoms with van der Waals surface area (Å²) in [5.74, 6) is 1.80. The smallest absolute Gasteiger partial charge is 0.215 e. The van der Waals surface area contributed by atoms with E-state index in [2.05, 4.69) is 22.0 Å². The summed E-state index contributed by atoms with van der Waals surface area (Å²) >= 11 is 3.57. The van der Waals surface area contributed by atoms with Crippen LogP contribution >= 0.6 is 15.9 Å². The number of phenols is 1. The molecule has 2 aromatic carbocycles. The van der Waals surface area contributed by atoms with E-state index in [1.807, 2.05) is 41.4 Å². The van der Waals surface area contributed by atoms with Gasteiger partial charge in [-0.05, 0) is 36.4 Å². The summed E-state index contributed by atoms with van der Waals surface area (Å²) in [6.45, 7) is 0. The third-order valence-electron chi connectivity index (χ3n) is 4.75. The molecule has 6 heteroatoms. The quantitative estimate of drug-likeness (QED) is 0.646. The lowest BCUT2D eigenvalue weighted by Crippen LogP contribution is -2.33. The maximum Gasteiger partial charge on any atom is 0.215 e. The van der Waals surface area contributed by atoms with Gasteiger partial charge in [0.1, 0.15) is 23.0 Å². The van der Waals surface area contributed by atoms with E-state index in [4.69, 9.17) is 14.3 Å². The van der Waals surface area contributed by atoms with E-state index in [9.17, 15) is 5.11 Å². The van der Waals surface area contributed by atoms with Gasteiger partial charge in [-0.1, -0.05) is 34.1 Å². The van der Waals surface area contributed by atoms with E-state index < -0.39 is 6.23 Å². The lowest BCUT2D eigenvalue weighted by atomic mass is 9.97. The lowest BCUT2D eigenvalue weighted by molar-refractivity contribution is -0.0196. The van der Waals surface area contributed by atoms with Gasteiger partial charge in [-0.2, -0.15) is 5.10 Å². The van der Waals surface area contributed by atoms with Crippen LogP contribution in [-0.4, -0.2) is 15.8 Å². The Morgan fingerprint density at radius 3 is 2.81 bits per heavy atom. The zero-order valence-corrected chi connectivity index (χ0v) is 15.3. The predicted molar refractivity (Wildman–Crippen MR) is 100 cm³/mol. The standard InChI is InChI=1S/C20H15BrN2O3/c21-15-8-7-12(24)10-14(15)20-23-17(13-4-1-2-5-18(13)26-20)11-16(22-23)19-6-3-9-25-19/h1-10,17,20,24H,11H2/t17-,20-/m0/s1. The molecule has 1 aromatic heterocycles. The Kier molecular flexibility index (Phi) is 3.53. The Bertz CT molecular complexity index is 1000. The van der Waals surface area contributed by atoms with E-state index in [1.54, 1.807) is 18.4 Å². The minimum absolute atomic E-state index is 0.0549. The molecule has 0 amide bonds. The van der Waals surface area contributed by atoms with Gasteiger partial charge in [-0.15, -0.1) is 0 Å². The van der Waals surface area contributed by atoms with Crippen molar-refractivity contribution in [2.75, 3.05) is 0 Å². The third-order valence-corrected chi connectivity index (χ3v) is 5.47. The van der Waals surface area contributed by atoms with Crippen LogP contribution in [0.1, 0.15) is 35.6 Å². The Balaban J connectivity index is 1.64. The summed E-state index contributed by atoms with van der Waals surface area (Å²) in [6, 6.07) is 17.0. The van der Waals surface area contributed by atoms with Crippen molar-refractivity contribution in [1.82, 2.24) is 5.01 Å². The predicted octanol–water partition coefficient (Wildman–Crippen LogP) is 4.99. The normalized spacial score (nSPS) is 21.0. The molecule has 2 aliphatic heterocycles. The van der Waals surface area contributed by atoms with Gasteiger partial charge < -0.3 is 14.3 Å². The summed E-state index contributed by atoms with van der Waals surface area (Å²) in [6.07, 6.45) is 1.95. The Morgan fingerprint density at radius 1 is 1.08 bits per heavy atom. The highest BCUT2D eigenvalue weighted by atomic mass is 79.9. The molecule has 0 spiro atoms. The van der Waals surface area contributed by atoms with Crippen molar-refractivity contribution in [3.8, 4) is 11.5 Å². The zero-order valence-electron chi connectivity index (χ0n) is 13.7. The first-order valence-corrected chi connectivity index (χ1v) is 9.14. The molecule has 2 atom stereocenters. The van der Waals surface area contributed by atoms with Crippen LogP contribution in [0.3, 0.4) is 0 Å². The van der Waals surface area contributed by atoms with E-state index in [1.165, 1.54) is 0 Å². The van der Waals surface area contributed by atoms with Crippen molar-refractivity contribution in [2.45, 2.75) is 18.7 Å². The molecule has 5 rings (SSSR count). The van der Waals surface area contributed by atoms with Gasteiger partial charge in [-0.3, -0.25) is 0 Å². The monoisotopic (exact) mass is 410 g/mol. The number of aromatic hydroxyl groups is 1. The summed E-state index contributed by atoms with van der Waals surface area (Å²) in [4.78, 5) is 0.